The van der Waals surface area contributed by atoms with Crippen LogP contribution in [0, 0.1) is 0 Å². The number of nitrogens with zero attached hydrogens (tertiary/aromatic N) is 1. The lowest BCUT2D eigenvalue weighted by Crippen LogP contribution is -2.70. The van der Waals surface area contributed by atoms with Crippen molar-refractivity contribution in [2.75, 3.05) is 32.7 Å². The Balaban J connectivity index is 1.78. The van der Waals surface area contributed by atoms with Gasteiger partial charge in [-0.3, -0.25) is 4.79 Å². The van der Waals surface area contributed by atoms with Crippen molar-refractivity contribution >= 4 is 5.97 Å². The summed E-state index contributed by atoms with van der Waals surface area (Å²) in [4.78, 5) is 13.4. The van der Waals surface area contributed by atoms with Crippen molar-refractivity contribution in [1.29, 1.82) is 0 Å². The molecule has 0 atom stereocenters. The monoisotopic (exact) mass is 255 g/mol. The number of likely N-dealkylation sites (tertiary alicyclic amines) is 1. The Hall–Kier alpha value is -0.650. The van der Waals surface area contributed by atoms with Crippen LogP contribution in [0.1, 0.15) is 32.6 Å². The lowest BCUT2D eigenvalue weighted by atomic mass is 9.86. The maximum Gasteiger partial charge on any atom is 0.305 e. The van der Waals surface area contributed by atoms with Gasteiger partial charge in [0.05, 0.1) is 12.0 Å². The van der Waals surface area contributed by atoms with Crippen LogP contribution in [0.5, 0.6) is 0 Å². The predicted octanol–water partition coefficient (Wildman–Crippen LogP) is 0.267. The highest BCUT2D eigenvalue weighted by Gasteiger charge is 2.40. The van der Waals surface area contributed by atoms with Crippen LogP contribution in [-0.4, -0.2) is 60.3 Å². The largest absolute Gasteiger partial charge is 0.481 e. The Morgan fingerprint density at radius 1 is 1.44 bits per heavy atom. The van der Waals surface area contributed by atoms with Gasteiger partial charge in [-0.2, -0.15) is 0 Å². The van der Waals surface area contributed by atoms with E-state index in [1.54, 1.807) is 0 Å². The summed E-state index contributed by atoms with van der Waals surface area (Å²) in [5.74, 6) is -0.701. The lowest BCUT2D eigenvalue weighted by molar-refractivity contribution is -0.139. The second-order valence-corrected chi connectivity index (χ2v) is 5.71. The summed E-state index contributed by atoms with van der Waals surface area (Å²) in [7, 11) is 0. The van der Waals surface area contributed by atoms with E-state index in [1.165, 1.54) is 13.0 Å². The maximum absolute atomic E-state index is 10.9. The molecular formula is C13H25N3O2. The number of rotatable bonds is 6. The van der Waals surface area contributed by atoms with Crippen molar-refractivity contribution in [2.24, 2.45) is 0 Å². The summed E-state index contributed by atoms with van der Waals surface area (Å²) < 4.78 is 0. The molecular weight excluding hydrogens is 230 g/mol. The summed E-state index contributed by atoms with van der Waals surface area (Å²) in [6, 6.07) is 0.486. The topological polar surface area (TPSA) is 64.6 Å². The van der Waals surface area contributed by atoms with Crippen molar-refractivity contribution in [2.45, 2.75) is 44.2 Å². The average Bonchev–Trinajstić information content (AvgIpc) is 2.28. The molecule has 104 valence electrons. The summed E-state index contributed by atoms with van der Waals surface area (Å²) >= 11 is 0. The number of piperidine rings is 1. The average molecular weight is 255 g/mol. The van der Waals surface area contributed by atoms with Gasteiger partial charge in [-0.15, -0.1) is 0 Å². The van der Waals surface area contributed by atoms with Gasteiger partial charge in [0, 0.05) is 19.1 Å². The molecule has 2 aliphatic heterocycles. The Morgan fingerprint density at radius 2 is 2.11 bits per heavy atom. The number of carboxylic acids is 1. The zero-order chi connectivity index (χ0) is 13.0. The number of nitrogens with one attached hydrogen (secondary N) is 2. The first-order valence-electron chi connectivity index (χ1n) is 7.06. The van der Waals surface area contributed by atoms with Gasteiger partial charge in [0.25, 0.3) is 0 Å². The molecule has 3 N–H and O–H groups in total. The number of hydrogen-bond donors (Lipinski definition) is 3. The Kier molecular flexibility index (Phi) is 4.59. The highest BCUT2D eigenvalue weighted by Crippen LogP contribution is 2.20. The van der Waals surface area contributed by atoms with E-state index in [-0.39, 0.29) is 12.0 Å². The molecule has 0 spiro atoms. The Bertz CT molecular complexity index is 284. The molecule has 0 aromatic carbocycles. The van der Waals surface area contributed by atoms with Gasteiger partial charge >= 0.3 is 5.97 Å². The van der Waals surface area contributed by atoms with Gasteiger partial charge in [-0.05, 0) is 38.9 Å². The van der Waals surface area contributed by atoms with E-state index in [0.717, 1.165) is 39.0 Å². The lowest BCUT2D eigenvalue weighted by Gasteiger charge is -2.46. The molecule has 0 unspecified atom stereocenters. The Labute approximate surface area is 109 Å². The molecule has 0 radical (unpaired) electrons. The van der Waals surface area contributed by atoms with Crippen LogP contribution >= 0.6 is 0 Å². The van der Waals surface area contributed by atoms with E-state index in [9.17, 15) is 4.79 Å². The number of hydrogen-bond acceptors (Lipinski definition) is 4. The second kappa shape index (κ2) is 5.99. The molecule has 18 heavy (non-hydrogen) atoms. The first kappa shape index (κ1) is 13.8. The number of aliphatic carboxylic acids is 1. The van der Waals surface area contributed by atoms with Gasteiger partial charge in [0.1, 0.15) is 0 Å². The number of carboxylic acid groups (broad SMARTS) is 1. The van der Waals surface area contributed by atoms with Crippen LogP contribution in [0.4, 0.5) is 0 Å². The zero-order valence-corrected chi connectivity index (χ0v) is 11.2. The molecule has 5 heteroatoms. The fourth-order valence-corrected chi connectivity index (χ4v) is 3.04. The fourth-order valence-electron chi connectivity index (χ4n) is 3.04. The van der Waals surface area contributed by atoms with Crippen molar-refractivity contribution in [3.8, 4) is 0 Å². The Morgan fingerprint density at radius 3 is 2.56 bits per heavy atom. The molecule has 0 aliphatic carbocycles. The molecule has 0 amide bonds. The smallest absolute Gasteiger partial charge is 0.305 e. The van der Waals surface area contributed by atoms with Gasteiger partial charge in [-0.1, -0.05) is 6.92 Å². The van der Waals surface area contributed by atoms with Crippen molar-refractivity contribution in [3.63, 3.8) is 0 Å². The number of carbonyl (C=O) groups is 1. The normalized spacial score (nSPS) is 24.7. The highest BCUT2D eigenvalue weighted by molar-refractivity contribution is 5.68. The van der Waals surface area contributed by atoms with Crippen molar-refractivity contribution < 1.29 is 9.90 Å². The zero-order valence-electron chi connectivity index (χ0n) is 11.2. The third kappa shape index (κ3) is 3.43. The summed E-state index contributed by atoms with van der Waals surface area (Å²) in [5.41, 5.74) is -0.191. The summed E-state index contributed by atoms with van der Waals surface area (Å²) in [5, 5.41) is 15.8. The van der Waals surface area contributed by atoms with Crippen molar-refractivity contribution in [1.82, 2.24) is 15.5 Å². The molecule has 2 rings (SSSR count). The van der Waals surface area contributed by atoms with Crippen LogP contribution in [0.3, 0.4) is 0 Å². The molecule has 0 aromatic heterocycles. The predicted molar refractivity (Wildman–Crippen MR) is 70.7 cm³/mol. The minimum absolute atomic E-state index is 0.191. The summed E-state index contributed by atoms with van der Waals surface area (Å²) in [6.07, 6.45) is 3.73. The molecule has 2 aliphatic rings. The second-order valence-electron chi connectivity index (χ2n) is 5.71. The molecule has 2 saturated heterocycles. The van der Waals surface area contributed by atoms with Crippen LogP contribution < -0.4 is 10.6 Å². The molecule has 2 fully saturated rings. The van der Waals surface area contributed by atoms with E-state index in [4.69, 9.17) is 5.11 Å². The SMILES string of the molecule is CCCN1CCC(NC2(CC(=O)O)CNC2)CC1. The van der Waals surface area contributed by atoms with E-state index in [0.29, 0.717) is 6.04 Å². The van der Waals surface area contributed by atoms with Gasteiger partial charge in [-0.25, -0.2) is 0 Å². The first-order chi connectivity index (χ1) is 8.63. The van der Waals surface area contributed by atoms with Gasteiger partial charge < -0.3 is 20.6 Å². The van der Waals surface area contributed by atoms with Crippen LogP contribution in [0.15, 0.2) is 0 Å². The summed E-state index contributed by atoms with van der Waals surface area (Å²) in [6.45, 7) is 7.26. The van der Waals surface area contributed by atoms with E-state index >= 15 is 0 Å². The van der Waals surface area contributed by atoms with E-state index < -0.39 is 5.97 Å². The first-order valence-corrected chi connectivity index (χ1v) is 7.06. The van der Waals surface area contributed by atoms with Crippen LogP contribution in [0.2, 0.25) is 0 Å². The van der Waals surface area contributed by atoms with Gasteiger partial charge in [0.15, 0.2) is 0 Å². The van der Waals surface area contributed by atoms with Crippen molar-refractivity contribution in [3.05, 3.63) is 0 Å². The quantitative estimate of drug-likeness (QED) is 0.636. The minimum Gasteiger partial charge on any atom is -0.481 e. The van der Waals surface area contributed by atoms with Crippen LogP contribution in [0.25, 0.3) is 0 Å². The molecule has 0 saturated carbocycles. The molecule has 5 nitrogen and oxygen atoms in total. The van der Waals surface area contributed by atoms with Crippen LogP contribution in [-0.2, 0) is 4.79 Å². The third-order valence-corrected chi connectivity index (χ3v) is 4.05. The molecule has 0 aromatic rings. The third-order valence-electron chi connectivity index (χ3n) is 4.05. The minimum atomic E-state index is -0.701. The highest BCUT2D eigenvalue weighted by atomic mass is 16.4. The fraction of sp³-hybridized carbons (Fsp3) is 0.923. The maximum atomic E-state index is 10.9. The molecule has 0 bridgehead atoms. The van der Waals surface area contributed by atoms with E-state index in [2.05, 4.69) is 22.5 Å². The molecule has 2 heterocycles. The van der Waals surface area contributed by atoms with E-state index in [1.807, 2.05) is 0 Å². The standard InChI is InChI=1S/C13H25N3O2/c1-2-5-16-6-3-11(4-7-16)15-13(8-12(17)18)9-14-10-13/h11,14-15H,2-10H2,1H3,(H,17,18). The van der Waals surface area contributed by atoms with Gasteiger partial charge in [0.2, 0.25) is 0 Å².